The molecule has 0 aliphatic heterocycles. The lowest BCUT2D eigenvalue weighted by atomic mass is 10.1. The fraction of sp³-hybridized carbons (Fsp3) is 0.156. The number of aromatic nitrogens is 3. The Balaban J connectivity index is 1.47. The van der Waals surface area contributed by atoms with Crippen LogP contribution in [0.5, 0.6) is 0 Å². The number of carbonyl (C=O) groups is 1. The third-order valence-corrected chi connectivity index (χ3v) is 8.22. The third kappa shape index (κ3) is 7.56. The minimum Gasteiger partial charge on any atom is -0.327 e. The molecule has 1 aromatic heterocycles. The number of benzene rings is 4. The first-order chi connectivity index (χ1) is 20.0. The van der Waals surface area contributed by atoms with Crippen molar-refractivity contribution in [2.45, 2.75) is 35.2 Å². The van der Waals surface area contributed by atoms with Crippen molar-refractivity contribution in [3.05, 3.63) is 131 Å². The maximum Gasteiger partial charge on any atom is 0.319 e. The number of anilines is 1. The van der Waals surface area contributed by atoms with Gasteiger partial charge in [-0.05, 0) is 72.8 Å². The molecule has 5 rings (SSSR count). The smallest absolute Gasteiger partial charge is 0.319 e. The Kier molecular flexibility index (Phi) is 9.38. The predicted octanol–water partition coefficient (Wildman–Crippen LogP) is 7.83. The van der Waals surface area contributed by atoms with Crippen molar-refractivity contribution in [1.29, 1.82) is 0 Å². The zero-order chi connectivity index (χ0) is 28.6. The summed E-state index contributed by atoms with van der Waals surface area (Å²) < 4.78 is 15.4. The SMILES string of the molecule is CSc1ccc(NC(=O)NC(Cc2ccccc2)c2nnc(SCc3ccc(F)cc3)n2-c2ccc(C)cc2)cc1. The van der Waals surface area contributed by atoms with Crippen LogP contribution >= 0.6 is 23.5 Å². The van der Waals surface area contributed by atoms with Gasteiger partial charge in [0, 0.05) is 28.4 Å². The van der Waals surface area contributed by atoms with E-state index < -0.39 is 6.04 Å². The molecule has 0 aliphatic rings. The Labute approximate surface area is 247 Å². The number of nitrogens with zero attached hydrogens (tertiary/aromatic N) is 3. The molecule has 0 radical (unpaired) electrons. The van der Waals surface area contributed by atoms with Crippen molar-refractivity contribution in [3.63, 3.8) is 0 Å². The predicted molar refractivity (Wildman–Crippen MR) is 165 cm³/mol. The largest absolute Gasteiger partial charge is 0.327 e. The Hall–Kier alpha value is -4.08. The van der Waals surface area contributed by atoms with Gasteiger partial charge in [0.2, 0.25) is 0 Å². The summed E-state index contributed by atoms with van der Waals surface area (Å²) in [5, 5.41) is 15.9. The molecule has 0 saturated carbocycles. The summed E-state index contributed by atoms with van der Waals surface area (Å²) in [7, 11) is 0. The van der Waals surface area contributed by atoms with Crippen LogP contribution in [-0.2, 0) is 12.2 Å². The van der Waals surface area contributed by atoms with Gasteiger partial charge in [-0.1, -0.05) is 71.9 Å². The molecule has 0 spiro atoms. The molecule has 9 heteroatoms. The maximum atomic E-state index is 13.4. The van der Waals surface area contributed by atoms with Gasteiger partial charge in [0.15, 0.2) is 11.0 Å². The van der Waals surface area contributed by atoms with E-state index in [1.807, 2.05) is 96.6 Å². The van der Waals surface area contributed by atoms with E-state index in [4.69, 9.17) is 0 Å². The Morgan fingerprint density at radius 2 is 1.59 bits per heavy atom. The van der Waals surface area contributed by atoms with E-state index in [1.54, 1.807) is 23.9 Å². The number of aryl methyl sites for hydroxylation is 1. The summed E-state index contributed by atoms with van der Waals surface area (Å²) in [4.78, 5) is 14.4. The highest BCUT2D eigenvalue weighted by Gasteiger charge is 2.25. The molecular weight excluding hydrogens is 554 g/mol. The zero-order valence-electron chi connectivity index (χ0n) is 22.8. The molecule has 41 heavy (non-hydrogen) atoms. The minimum atomic E-state index is -0.475. The average molecular weight is 584 g/mol. The average Bonchev–Trinajstić information content (AvgIpc) is 3.42. The van der Waals surface area contributed by atoms with E-state index in [9.17, 15) is 9.18 Å². The van der Waals surface area contributed by atoms with Crippen LogP contribution in [0.25, 0.3) is 5.69 Å². The van der Waals surface area contributed by atoms with Crippen LogP contribution < -0.4 is 10.6 Å². The van der Waals surface area contributed by atoms with Crippen LogP contribution in [0.15, 0.2) is 113 Å². The van der Waals surface area contributed by atoms with Crippen molar-refractivity contribution >= 4 is 35.2 Å². The standard InChI is InChI=1S/C32H30FN5OS2/c1-22-8-16-27(17-9-22)38-30(36-37-32(38)41-21-24-10-12-25(33)13-11-24)29(20-23-6-4-3-5-7-23)35-31(39)34-26-14-18-28(40-2)19-15-26/h3-19,29H,20-21H2,1-2H3,(H2,34,35,39). The number of rotatable bonds is 10. The summed E-state index contributed by atoms with van der Waals surface area (Å²) in [6, 6.07) is 31.5. The lowest BCUT2D eigenvalue weighted by Crippen LogP contribution is -2.35. The van der Waals surface area contributed by atoms with Crippen LogP contribution in [0.2, 0.25) is 0 Å². The molecule has 0 saturated heterocycles. The van der Waals surface area contributed by atoms with Crippen LogP contribution in [-0.4, -0.2) is 27.1 Å². The minimum absolute atomic E-state index is 0.267. The van der Waals surface area contributed by atoms with Crippen LogP contribution in [0.1, 0.15) is 28.6 Å². The van der Waals surface area contributed by atoms with Gasteiger partial charge < -0.3 is 10.6 Å². The molecule has 6 nitrogen and oxygen atoms in total. The number of nitrogens with one attached hydrogen (secondary N) is 2. The fourth-order valence-corrected chi connectivity index (χ4v) is 5.64. The van der Waals surface area contributed by atoms with Gasteiger partial charge in [-0.2, -0.15) is 0 Å². The van der Waals surface area contributed by atoms with Crippen molar-refractivity contribution in [2.24, 2.45) is 0 Å². The first-order valence-electron chi connectivity index (χ1n) is 13.1. The van der Waals surface area contributed by atoms with Gasteiger partial charge in [0.25, 0.3) is 0 Å². The monoisotopic (exact) mass is 583 g/mol. The van der Waals surface area contributed by atoms with Crippen molar-refractivity contribution in [2.75, 3.05) is 11.6 Å². The highest BCUT2D eigenvalue weighted by molar-refractivity contribution is 7.98. The molecule has 0 fully saturated rings. The lowest BCUT2D eigenvalue weighted by molar-refractivity contribution is 0.247. The number of amides is 2. The van der Waals surface area contributed by atoms with Crippen molar-refractivity contribution in [1.82, 2.24) is 20.1 Å². The summed E-state index contributed by atoms with van der Waals surface area (Å²) in [6.07, 6.45) is 2.53. The molecule has 4 aromatic carbocycles. The second kappa shape index (κ2) is 13.5. The number of thioether (sulfide) groups is 2. The first-order valence-corrected chi connectivity index (χ1v) is 15.3. The van der Waals surface area contributed by atoms with E-state index in [0.29, 0.717) is 28.8 Å². The topological polar surface area (TPSA) is 71.8 Å². The first kappa shape index (κ1) is 28.4. The van der Waals surface area contributed by atoms with Crippen LogP contribution in [0, 0.1) is 12.7 Å². The van der Waals surface area contributed by atoms with Crippen molar-refractivity contribution in [3.8, 4) is 5.69 Å². The van der Waals surface area contributed by atoms with Gasteiger partial charge in [-0.15, -0.1) is 22.0 Å². The third-order valence-electron chi connectivity index (χ3n) is 6.48. The van der Waals surface area contributed by atoms with E-state index >= 15 is 0 Å². The summed E-state index contributed by atoms with van der Waals surface area (Å²) in [5.74, 6) is 0.942. The molecule has 208 valence electrons. The normalized spacial score (nSPS) is 11.7. The Morgan fingerprint density at radius 3 is 2.27 bits per heavy atom. The Bertz CT molecular complexity index is 1570. The highest BCUT2D eigenvalue weighted by atomic mass is 32.2. The van der Waals surface area contributed by atoms with E-state index in [0.717, 1.165) is 27.3 Å². The molecule has 1 unspecified atom stereocenters. The number of carbonyl (C=O) groups excluding carboxylic acids is 1. The molecule has 0 aliphatic carbocycles. The highest BCUT2D eigenvalue weighted by Crippen LogP contribution is 2.29. The summed E-state index contributed by atoms with van der Waals surface area (Å²) in [6.45, 7) is 2.04. The van der Waals surface area contributed by atoms with Crippen LogP contribution in [0.3, 0.4) is 0 Å². The fourth-order valence-electron chi connectivity index (χ4n) is 4.32. The number of halogens is 1. The second-order valence-electron chi connectivity index (χ2n) is 9.50. The number of hydrogen-bond acceptors (Lipinski definition) is 5. The summed E-state index contributed by atoms with van der Waals surface area (Å²) >= 11 is 3.16. The number of hydrogen-bond donors (Lipinski definition) is 2. The quantitative estimate of drug-likeness (QED) is 0.164. The zero-order valence-corrected chi connectivity index (χ0v) is 24.4. The van der Waals surface area contributed by atoms with Crippen molar-refractivity contribution < 1.29 is 9.18 Å². The molecule has 2 amide bonds. The number of urea groups is 1. The molecule has 1 heterocycles. The summed E-state index contributed by atoms with van der Waals surface area (Å²) in [5.41, 5.74) is 4.76. The lowest BCUT2D eigenvalue weighted by Gasteiger charge is -2.21. The Morgan fingerprint density at radius 1 is 0.878 bits per heavy atom. The van der Waals surface area contributed by atoms with Gasteiger partial charge in [0.1, 0.15) is 5.82 Å². The van der Waals surface area contributed by atoms with E-state index in [2.05, 4.69) is 20.8 Å². The molecule has 5 aromatic rings. The molecular formula is C32H30FN5OS2. The van der Waals surface area contributed by atoms with Crippen LogP contribution in [0.4, 0.5) is 14.9 Å². The van der Waals surface area contributed by atoms with Gasteiger partial charge in [-0.25, -0.2) is 9.18 Å². The van der Waals surface area contributed by atoms with Gasteiger partial charge in [-0.3, -0.25) is 4.57 Å². The maximum absolute atomic E-state index is 13.4. The molecule has 2 N–H and O–H groups in total. The van der Waals surface area contributed by atoms with Gasteiger partial charge in [0.05, 0.1) is 6.04 Å². The molecule has 0 bridgehead atoms. The van der Waals surface area contributed by atoms with Gasteiger partial charge >= 0.3 is 6.03 Å². The second-order valence-corrected chi connectivity index (χ2v) is 11.3. The van der Waals surface area contributed by atoms with E-state index in [-0.39, 0.29) is 11.8 Å². The van der Waals surface area contributed by atoms with E-state index in [1.165, 1.54) is 23.9 Å². The molecule has 1 atom stereocenters.